The van der Waals surface area contributed by atoms with Gasteiger partial charge in [0.15, 0.2) is 0 Å². The van der Waals surface area contributed by atoms with Crippen LogP contribution in [0.1, 0.15) is 0 Å². The predicted molar refractivity (Wildman–Crippen MR) is 55.3 cm³/mol. The highest BCUT2D eigenvalue weighted by Gasteiger charge is 2.02. The Labute approximate surface area is 89.6 Å². The van der Waals surface area contributed by atoms with Crippen molar-refractivity contribution in [3.05, 3.63) is 51.9 Å². The van der Waals surface area contributed by atoms with Crippen LogP contribution in [0.5, 0.6) is 0 Å². The average Bonchev–Trinajstić information content (AvgIpc) is 2.17. The number of halogens is 2. The SMILES string of the molecule is O=c1ncc(-c2cc(F)cc(Cl)c2)c[nH]1. The van der Waals surface area contributed by atoms with Gasteiger partial charge in [-0.1, -0.05) is 11.6 Å². The van der Waals surface area contributed by atoms with E-state index in [4.69, 9.17) is 11.6 Å². The van der Waals surface area contributed by atoms with Gasteiger partial charge in [-0.2, -0.15) is 0 Å². The van der Waals surface area contributed by atoms with Crippen molar-refractivity contribution in [2.24, 2.45) is 0 Å². The molecule has 2 aromatic rings. The Morgan fingerprint density at radius 3 is 2.67 bits per heavy atom. The van der Waals surface area contributed by atoms with Crippen LogP contribution < -0.4 is 5.69 Å². The van der Waals surface area contributed by atoms with Crippen LogP contribution >= 0.6 is 11.6 Å². The Balaban J connectivity index is 2.53. The summed E-state index contributed by atoms with van der Waals surface area (Å²) in [7, 11) is 0. The third-order valence-electron chi connectivity index (χ3n) is 1.87. The number of nitrogens with zero attached hydrogens (tertiary/aromatic N) is 1. The second-order valence-electron chi connectivity index (χ2n) is 2.97. The molecule has 0 saturated carbocycles. The van der Waals surface area contributed by atoms with Gasteiger partial charge in [-0.3, -0.25) is 0 Å². The van der Waals surface area contributed by atoms with Crippen LogP contribution in [0.3, 0.4) is 0 Å². The van der Waals surface area contributed by atoms with Crippen molar-refractivity contribution in [1.29, 1.82) is 0 Å². The molecule has 15 heavy (non-hydrogen) atoms. The van der Waals surface area contributed by atoms with Crippen molar-refractivity contribution in [1.82, 2.24) is 9.97 Å². The Kier molecular flexibility index (Phi) is 2.51. The van der Waals surface area contributed by atoms with Gasteiger partial charge in [0.05, 0.1) is 0 Å². The maximum Gasteiger partial charge on any atom is 0.344 e. The van der Waals surface area contributed by atoms with Gasteiger partial charge in [0, 0.05) is 23.0 Å². The Bertz CT molecular complexity index is 513. The summed E-state index contributed by atoms with van der Waals surface area (Å²) in [6.45, 7) is 0. The van der Waals surface area contributed by atoms with E-state index in [9.17, 15) is 9.18 Å². The molecule has 0 saturated heterocycles. The van der Waals surface area contributed by atoms with Crippen molar-refractivity contribution in [3.8, 4) is 11.1 Å². The minimum atomic E-state index is -0.443. The summed E-state index contributed by atoms with van der Waals surface area (Å²) in [6, 6.07) is 4.13. The summed E-state index contributed by atoms with van der Waals surface area (Å²) in [6.07, 6.45) is 2.82. The maximum atomic E-state index is 13.0. The van der Waals surface area contributed by atoms with Gasteiger partial charge in [0.1, 0.15) is 5.82 Å². The van der Waals surface area contributed by atoms with Crippen LogP contribution in [0.4, 0.5) is 4.39 Å². The summed E-state index contributed by atoms with van der Waals surface area (Å²) in [5.74, 6) is -0.427. The molecule has 76 valence electrons. The zero-order chi connectivity index (χ0) is 10.8. The number of aromatic nitrogens is 2. The smallest absolute Gasteiger partial charge is 0.312 e. The highest BCUT2D eigenvalue weighted by atomic mass is 35.5. The van der Waals surface area contributed by atoms with E-state index in [-0.39, 0.29) is 0 Å². The van der Waals surface area contributed by atoms with Crippen molar-refractivity contribution in [2.45, 2.75) is 0 Å². The molecule has 1 heterocycles. The van der Waals surface area contributed by atoms with Crippen LogP contribution in [-0.2, 0) is 0 Å². The van der Waals surface area contributed by atoms with E-state index in [0.29, 0.717) is 16.1 Å². The van der Waals surface area contributed by atoms with Crippen LogP contribution in [0.15, 0.2) is 35.4 Å². The van der Waals surface area contributed by atoms with E-state index in [0.717, 1.165) is 0 Å². The Morgan fingerprint density at radius 1 is 1.27 bits per heavy atom. The van der Waals surface area contributed by atoms with Gasteiger partial charge in [-0.15, -0.1) is 0 Å². The molecular formula is C10H6ClFN2O. The molecule has 0 bridgehead atoms. The summed E-state index contributed by atoms with van der Waals surface area (Å²) in [4.78, 5) is 16.7. The summed E-state index contributed by atoms with van der Waals surface area (Å²) < 4.78 is 13.0. The second-order valence-corrected chi connectivity index (χ2v) is 3.40. The molecule has 5 heteroatoms. The van der Waals surface area contributed by atoms with E-state index in [1.165, 1.54) is 24.5 Å². The fraction of sp³-hybridized carbons (Fsp3) is 0. The van der Waals surface area contributed by atoms with E-state index in [2.05, 4.69) is 9.97 Å². The van der Waals surface area contributed by atoms with Crippen molar-refractivity contribution in [2.75, 3.05) is 0 Å². The molecule has 0 amide bonds. The molecule has 3 nitrogen and oxygen atoms in total. The van der Waals surface area contributed by atoms with Gasteiger partial charge in [0.2, 0.25) is 0 Å². The van der Waals surface area contributed by atoms with Gasteiger partial charge in [-0.25, -0.2) is 14.2 Å². The molecule has 0 atom stereocenters. The fourth-order valence-electron chi connectivity index (χ4n) is 1.22. The highest BCUT2D eigenvalue weighted by molar-refractivity contribution is 6.30. The molecule has 0 aliphatic carbocycles. The lowest BCUT2D eigenvalue weighted by Crippen LogP contribution is -2.07. The molecule has 0 unspecified atom stereocenters. The normalized spacial score (nSPS) is 10.3. The molecule has 0 aliphatic rings. The molecule has 1 N–H and O–H groups in total. The summed E-state index contributed by atoms with van der Waals surface area (Å²) in [5, 5.41) is 0.302. The lowest BCUT2D eigenvalue weighted by molar-refractivity contribution is 0.628. The fourth-order valence-corrected chi connectivity index (χ4v) is 1.44. The lowest BCUT2D eigenvalue weighted by Gasteiger charge is -2.01. The first-order chi connectivity index (χ1) is 7.15. The number of nitrogens with one attached hydrogen (secondary N) is 1. The summed E-state index contributed by atoms with van der Waals surface area (Å²) >= 11 is 5.70. The quantitative estimate of drug-likeness (QED) is 0.808. The highest BCUT2D eigenvalue weighted by Crippen LogP contribution is 2.22. The Hall–Kier alpha value is -1.68. The number of hydrogen-bond donors (Lipinski definition) is 1. The van der Waals surface area contributed by atoms with Crippen molar-refractivity contribution in [3.63, 3.8) is 0 Å². The molecule has 1 aromatic carbocycles. The standard InChI is InChI=1S/C10H6ClFN2O/c11-8-1-6(2-9(12)3-8)7-4-13-10(15)14-5-7/h1-5H,(H,13,14,15). The third-order valence-corrected chi connectivity index (χ3v) is 2.09. The third kappa shape index (κ3) is 2.22. The molecule has 1 aromatic heterocycles. The van der Waals surface area contributed by atoms with E-state index in [1.54, 1.807) is 6.07 Å². The van der Waals surface area contributed by atoms with Crippen LogP contribution in [0, 0.1) is 5.82 Å². The van der Waals surface area contributed by atoms with Crippen molar-refractivity contribution >= 4 is 11.6 Å². The largest absolute Gasteiger partial charge is 0.344 e. The number of hydrogen-bond acceptors (Lipinski definition) is 2. The van der Waals surface area contributed by atoms with Crippen LogP contribution in [-0.4, -0.2) is 9.97 Å². The van der Waals surface area contributed by atoms with Gasteiger partial charge in [0.25, 0.3) is 0 Å². The Morgan fingerprint density at radius 2 is 2.07 bits per heavy atom. The number of rotatable bonds is 1. The average molecular weight is 225 g/mol. The minimum Gasteiger partial charge on any atom is -0.312 e. The second kappa shape index (κ2) is 3.82. The van der Waals surface area contributed by atoms with Crippen LogP contribution in [0.25, 0.3) is 11.1 Å². The van der Waals surface area contributed by atoms with E-state index in [1.807, 2.05) is 0 Å². The first-order valence-corrected chi connectivity index (χ1v) is 4.54. The first kappa shape index (κ1) is 9.86. The number of H-pyrrole nitrogens is 1. The molecule has 0 spiro atoms. The van der Waals surface area contributed by atoms with Gasteiger partial charge in [-0.05, 0) is 23.8 Å². The molecule has 0 aliphatic heterocycles. The molecular weight excluding hydrogens is 219 g/mol. The molecule has 0 radical (unpaired) electrons. The number of benzene rings is 1. The predicted octanol–water partition coefficient (Wildman–Crippen LogP) is 2.23. The lowest BCUT2D eigenvalue weighted by atomic mass is 10.1. The molecule has 2 rings (SSSR count). The van der Waals surface area contributed by atoms with Gasteiger partial charge < -0.3 is 4.98 Å². The van der Waals surface area contributed by atoms with Crippen molar-refractivity contribution < 1.29 is 4.39 Å². The maximum absolute atomic E-state index is 13.0. The van der Waals surface area contributed by atoms with Gasteiger partial charge >= 0.3 is 5.69 Å². The molecule has 0 fully saturated rings. The number of aromatic amines is 1. The zero-order valence-electron chi connectivity index (χ0n) is 7.50. The van der Waals surface area contributed by atoms with E-state index >= 15 is 0 Å². The zero-order valence-corrected chi connectivity index (χ0v) is 8.25. The minimum absolute atomic E-state index is 0.302. The van der Waals surface area contributed by atoms with E-state index < -0.39 is 11.5 Å². The first-order valence-electron chi connectivity index (χ1n) is 4.16. The topological polar surface area (TPSA) is 45.8 Å². The monoisotopic (exact) mass is 224 g/mol. The van der Waals surface area contributed by atoms with Crippen LogP contribution in [0.2, 0.25) is 5.02 Å². The summed E-state index contributed by atoms with van der Waals surface area (Å²) in [5.41, 5.74) is 0.737.